The first-order valence-electron chi connectivity index (χ1n) is 5.87. The quantitative estimate of drug-likeness (QED) is 0.513. The Morgan fingerprint density at radius 2 is 1.43 bits per heavy atom. The molecule has 0 radical (unpaired) electrons. The van der Waals surface area contributed by atoms with Crippen LogP contribution in [0.25, 0.3) is 0 Å². The minimum atomic E-state index is 0. The second-order valence-electron chi connectivity index (χ2n) is 6.19. The predicted molar refractivity (Wildman–Crippen MR) is 57.9 cm³/mol. The molecule has 2 saturated carbocycles. The maximum absolute atomic E-state index is 2.59. The molecule has 2 aliphatic carbocycles. The lowest BCUT2D eigenvalue weighted by Gasteiger charge is -2.39. The molecule has 3 heterocycles. The van der Waals surface area contributed by atoms with Gasteiger partial charge in [-0.25, -0.2) is 0 Å². The van der Waals surface area contributed by atoms with Crippen LogP contribution in [0.1, 0.15) is 26.7 Å². The molecule has 0 aromatic carbocycles. The van der Waals surface area contributed by atoms with E-state index in [0.29, 0.717) is 0 Å². The first-order chi connectivity index (χ1) is 6.19. The first kappa shape index (κ1) is 10.0. The molecule has 0 aromatic rings. The van der Waals surface area contributed by atoms with E-state index in [9.17, 15) is 0 Å². The summed E-state index contributed by atoms with van der Waals surface area (Å²) < 4.78 is 0.745. The average molecular weight is 275 g/mol. The van der Waals surface area contributed by atoms with Crippen LogP contribution in [0.2, 0.25) is 0 Å². The molecule has 0 amide bonds. The zero-order valence-corrected chi connectivity index (χ0v) is 11.4. The summed E-state index contributed by atoms with van der Waals surface area (Å²) in [5.41, 5.74) is 0. The maximum Gasteiger partial charge on any atom is 0.126 e. The minimum absolute atomic E-state index is 0. The molecule has 4 atom stereocenters. The van der Waals surface area contributed by atoms with Crippen LogP contribution in [0.5, 0.6) is 0 Å². The Morgan fingerprint density at radius 1 is 0.929 bits per heavy atom. The van der Waals surface area contributed by atoms with Crippen molar-refractivity contribution in [2.24, 2.45) is 29.6 Å². The van der Waals surface area contributed by atoms with Crippen LogP contribution in [-0.2, 0) is 10.9 Å². The molecule has 3 aliphatic heterocycles. The van der Waals surface area contributed by atoms with E-state index in [-0.39, 0.29) is 17.0 Å². The summed E-state index contributed by atoms with van der Waals surface area (Å²) in [4.78, 5) is 0. The highest BCUT2D eigenvalue weighted by Gasteiger charge is 2.74. The van der Waals surface area contributed by atoms with Gasteiger partial charge in [-0.15, -0.1) is 0 Å². The van der Waals surface area contributed by atoms with Crippen molar-refractivity contribution in [1.29, 1.82) is 0 Å². The van der Waals surface area contributed by atoms with Gasteiger partial charge in [-0.1, -0.05) is 0 Å². The van der Waals surface area contributed by atoms with Gasteiger partial charge in [0, 0.05) is 17.8 Å². The van der Waals surface area contributed by atoms with Gasteiger partial charge in [-0.2, -0.15) is 0 Å². The van der Waals surface area contributed by atoms with Crippen molar-refractivity contribution in [3.8, 4) is 0 Å². The van der Waals surface area contributed by atoms with Gasteiger partial charge in [0.1, 0.15) is 16.3 Å². The van der Waals surface area contributed by atoms with Gasteiger partial charge in [-0.05, 0) is 49.4 Å². The maximum atomic E-state index is 2.59. The van der Waals surface area contributed by atoms with E-state index in [1.54, 1.807) is 24.3 Å². The number of hydrogen-bond acceptors (Lipinski definition) is 0. The van der Waals surface area contributed by atoms with E-state index in [0.717, 1.165) is 21.6 Å². The van der Waals surface area contributed by atoms with E-state index in [1.807, 2.05) is 0 Å². The summed E-state index contributed by atoms with van der Waals surface area (Å²) in [6, 6.07) is 0. The number of hydrogen-bond donors (Lipinski definition) is 0. The molecule has 6 bridgehead atoms. The summed E-state index contributed by atoms with van der Waals surface area (Å²) in [5.74, 6) is 9.20. The van der Waals surface area contributed by atoms with Gasteiger partial charge in [-0.3, -0.25) is 0 Å². The lowest BCUT2D eigenvalue weighted by molar-refractivity contribution is -0.00000285. The lowest BCUT2D eigenvalue weighted by atomic mass is 9.82. The van der Waals surface area contributed by atoms with Gasteiger partial charge in [0.15, 0.2) is 0 Å². The molecule has 2 heteroatoms. The van der Waals surface area contributed by atoms with Gasteiger partial charge < -0.3 is 17.0 Å². The van der Waals surface area contributed by atoms with E-state index < -0.39 is 0 Å². The second-order valence-corrected chi connectivity index (χ2v) is 8.89. The molecule has 0 nitrogen and oxygen atoms in total. The van der Waals surface area contributed by atoms with Crippen LogP contribution in [0.3, 0.4) is 0 Å². The Kier molecular flexibility index (Phi) is 1.96. The monoisotopic (exact) mass is 274 g/mol. The summed E-state index contributed by atoms with van der Waals surface area (Å²) in [5, 5.41) is 0. The molecule has 0 aromatic heterocycles. The highest BCUT2D eigenvalue weighted by Crippen LogP contribution is 2.69. The minimum Gasteiger partial charge on any atom is -1.00 e. The SMILES string of the molecule is CC1(C)C2C3CCC2C2C[S+]1CC23.[Br-]. The molecule has 5 aliphatic rings. The summed E-state index contributed by atoms with van der Waals surface area (Å²) in [7, 11) is 0.830. The molecule has 0 spiro atoms. The van der Waals surface area contributed by atoms with Gasteiger partial charge >= 0.3 is 0 Å². The molecule has 3 saturated heterocycles. The van der Waals surface area contributed by atoms with Crippen molar-refractivity contribution in [3.05, 3.63) is 0 Å². The van der Waals surface area contributed by atoms with Crippen molar-refractivity contribution >= 4 is 10.9 Å². The second kappa shape index (κ2) is 2.74. The van der Waals surface area contributed by atoms with Crippen LogP contribution >= 0.6 is 0 Å². The fourth-order valence-corrected chi connectivity index (χ4v) is 8.99. The largest absolute Gasteiger partial charge is 1.00 e. The van der Waals surface area contributed by atoms with E-state index in [4.69, 9.17) is 0 Å². The Morgan fingerprint density at radius 3 is 1.93 bits per heavy atom. The topological polar surface area (TPSA) is 0 Å². The average Bonchev–Trinajstić information content (AvgIpc) is 2.70. The van der Waals surface area contributed by atoms with Crippen LogP contribution in [0.15, 0.2) is 0 Å². The third-order valence-corrected chi connectivity index (χ3v) is 9.07. The van der Waals surface area contributed by atoms with Crippen molar-refractivity contribution in [1.82, 2.24) is 0 Å². The summed E-state index contributed by atoms with van der Waals surface area (Å²) >= 11 is 0. The fraction of sp³-hybridized carbons (Fsp3) is 1.00. The van der Waals surface area contributed by atoms with E-state index >= 15 is 0 Å². The van der Waals surface area contributed by atoms with Crippen molar-refractivity contribution in [2.45, 2.75) is 31.4 Å². The van der Waals surface area contributed by atoms with E-state index in [1.165, 1.54) is 23.7 Å². The third-order valence-electron chi connectivity index (χ3n) is 5.74. The third kappa shape index (κ3) is 0.855. The van der Waals surface area contributed by atoms with Gasteiger partial charge in [0.05, 0.1) is 0 Å². The standard InChI is InChI=1S/C12H19S.BrH/c1-12(2)11-7-3-4-8(11)10-6-13(12)5-9(7)10;/h7-11H,3-6H2,1-2H3;1H/q+1;/p-1. The molecule has 5 rings (SSSR count). The predicted octanol–water partition coefficient (Wildman–Crippen LogP) is -0.697. The molecular weight excluding hydrogens is 256 g/mol. The number of halogens is 1. The first-order valence-corrected chi connectivity index (χ1v) is 7.43. The van der Waals surface area contributed by atoms with Crippen LogP contribution < -0.4 is 17.0 Å². The smallest absolute Gasteiger partial charge is 0.126 e. The molecular formula is C12H19BrS. The normalized spacial score (nSPS) is 60.4. The zero-order chi connectivity index (χ0) is 8.79. The molecule has 14 heavy (non-hydrogen) atoms. The Labute approximate surface area is 100 Å². The Hall–Kier alpha value is 0.830. The summed E-state index contributed by atoms with van der Waals surface area (Å²) in [6.07, 6.45) is 3.19. The molecule has 0 N–H and O–H groups in total. The Bertz CT molecular complexity index is 255. The van der Waals surface area contributed by atoms with Gasteiger partial charge in [0.25, 0.3) is 0 Å². The van der Waals surface area contributed by atoms with Crippen LogP contribution in [0.4, 0.5) is 0 Å². The highest BCUT2D eigenvalue weighted by atomic mass is 79.9. The van der Waals surface area contributed by atoms with Crippen LogP contribution in [-0.4, -0.2) is 16.3 Å². The van der Waals surface area contributed by atoms with Crippen molar-refractivity contribution < 1.29 is 17.0 Å². The van der Waals surface area contributed by atoms with Gasteiger partial charge in [0.2, 0.25) is 0 Å². The molecule has 4 unspecified atom stereocenters. The zero-order valence-electron chi connectivity index (χ0n) is 9.00. The van der Waals surface area contributed by atoms with Crippen molar-refractivity contribution in [2.75, 3.05) is 11.5 Å². The number of rotatable bonds is 0. The summed E-state index contributed by atoms with van der Waals surface area (Å²) in [6.45, 7) is 5.17. The fourth-order valence-electron chi connectivity index (χ4n) is 5.34. The Balaban J connectivity index is 0.000000640. The molecule has 80 valence electrons. The van der Waals surface area contributed by atoms with Crippen LogP contribution in [0, 0.1) is 29.6 Å². The molecule has 5 fully saturated rings. The highest BCUT2D eigenvalue weighted by molar-refractivity contribution is 7.98. The van der Waals surface area contributed by atoms with Crippen molar-refractivity contribution in [3.63, 3.8) is 0 Å². The van der Waals surface area contributed by atoms with E-state index in [2.05, 4.69) is 13.8 Å². The lowest BCUT2D eigenvalue weighted by Crippen LogP contribution is -3.00.